The Morgan fingerprint density at radius 3 is 2.51 bits per heavy atom. The van der Waals surface area contributed by atoms with Crippen LogP contribution in [-0.4, -0.2) is 99.4 Å². The lowest BCUT2D eigenvalue weighted by atomic mass is 10.0. The highest BCUT2D eigenvalue weighted by Crippen LogP contribution is 2.25. The molecular formula is C33H44N8O4. The van der Waals surface area contributed by atoms with Gasteiger partial charge in [0.05, 0.1) is 31.7 Å². The van der Waals surface area contributed by atoms with Gasteiger partial charge in [-0.05, 0) is 36.1 Å². The number of fused-ring (bicyclic) bond motifs is 1. The number of ether oxygens (including phenoxy) is 1. The molecule has 1 fully saturated rings. The molecule has 0 saturated carbocycles. The summed E-state index contributed by atoms with van der Waals surface area (Å²) < 4.78 is 7.70. The minimum atomic E-state index is -0.323. The van der Waals surface area contributed by atoms with Gasteiger partial charge in [0.2, 0.25) is 11.9 Å². The van der Waals surface area contributed by atoms with Crippen LogP contribution in [0.1, 0.15) is 49.3 Å². The number of amides is 3. The Hall–Kier alpha value is -4.29. The van der Waals surface area contributed by atoms with Gasteiger partial charge in [-0.1, -0.05) is 38.0 Å². The molecule has 0 bridgehead atoms. The summed E-state index contributed by atoms with van der Waals surface area (Å²) in [6.07, 6.45) is 8.25. The molecule has 3 aromatic rings. The molecule has 240 valence electrons. The van der Waals surface area contributed by atoms with Gasteiger partial charge in [-0.2, -0.15) is 4.98 Å². The van der Waals surface area contributed by atoms with Crippen molar-refractivity contribution in [3.05, 3.63) is 59.3 Å². The molecule has 2 aliphatic rings. The molecule has 45 heavy (non-hydrogen) atoms. The summed E-state index contributed by atoms with van der Waals surface area (Å²) in [6, 6.07) is 8.65. The highest BCUT2D eigenvalue weighted by Gasteiger charge is 2.23. The third kappa shape index (κ3) is 8.25. The number of hydrogen-bond donors (Lipinski definition) is 2. The fraction of sp³-hybridized carbons (Fsp3) is 0.485. The first-order chi connectivity index (χ1) is 21.8. The normalized spacial score (nSPS) is 15.5. The Balaban J connectivity index is 1.08. The standard InChI is InChI=1S/C33H44N8O4/c1-3-4-5-12-35-32-31-27(36-33(34)37-32)10-13-40(31)23-26-7-6-25(21-24(26)2)22-38-14-16-39(17-15-38)28(42)11-19-45-20-18-41-29(43)8-9-30(41)44/h6-10,13,21H,3-5,11-12,14-20,22-23H2,1-2H3,(H3,34,35,36,37). The SMILES string of the molecule is CCCCCNc1nc(N)nc2ccn(Cc3ccc(CN4CCN(C(=O)CCOCCN5C(=O)C=CC5=O)CC4)cc3C)c12. The summed E-state index contributed by atoms with van der Waals surface area (Å²) in [4.78, 5) is 50.2. The first-order valence-corrected chi connectivity index (χ1v) is 15.9. The Kier molecular flexibility index (Phi) is 10.8. The number of benzene rings is 1. The number of piperazine rings is 1. The fourth-order valence-corrected chi connectivity index (χ4v) is 5.82. The molecule has 2 aliphatic heterocycles. The summed E-state index contributed by atoms with van der Waals surface area (Å²) in [5.41, 5.74) is 11.5. The summed E-state index contributed by atoms with van der Waals surface area (Å²) in [5, 5.41) is 3.47. The van der Waals surface area contributed by atoms with Crippen LogP contribution in [0.4, 0.5) is 11.8 Å². The van der Waals surface area contributed by atoms with Gasteiger partial charge in [0.1, 0.15) is 5.52 Å². The van der Waals surface area contributed by atoms with Crippen molar-refractivity contribution in [3.8, 4) is 0 Å². The van der Waals surface area contributed by atoms with Crippen LogP contribution < -0.4 is 11.1 Å². The number of anilines is 2. The number of nitrogens with zero attached hydrogens (tertiary/aromatic N) is 6. The average Bonchev–Trinajstić information content (AvgIpc) is 3.58. The molecule has 0 unspecified atom stereocenters. The van der Waals surface area contributed by atoms with E-state index in [4.69, 9.17) is 10.5 Å². The minimum absolute atomic E-state index is 0.0646. The van der Waals surface area contributed by atoms with E-state index < -0.39 is 0 Å². The van der Waals surface area contributed by atoms with Gasteiger partial charge in [-0.3, -0.25) is 24.2 Å². The summed E-state index contributed by atoms with van der Waals surface area (Å²) in [6.45, 7) is 10.4. The zero-order valence-corrected chi connectivity index (χ0v) is 26.3. The van der Waals surface area contributed by atoms with E-state index >= 15 is 0 Å². The second kappa shape index (κ2) is 15.1. The summed E-state index contributed by atoms with van der Waals surface area (Å²) in [7, 11) is 0. The Labute approximate surface area is 264 Å². The third-order valence-electron chi connectivity index (χ3n) is 8.40. The molecule has 3 amide bonds. The van der Waals surface area contributed by atoms with Crippen molar-refractivity contribution >= 4 is 40.5 Å². The van der Waals surface area contributed by atoms with Crippen LogP contribution in [0.2, 0.25) is 0 Å². The lowest BCUT2D eigenvalue weighted by Crippen LogP contribution is -2.48. The molecule has 0 radical (unpaired) electrons. The Bertz CT molecular complexity index is 1520. The second-order valence-electron chi connectivity index (χ2n) is 11.7. The molecule has 1 aromatic carbocycles. The number of aryl methyl sites for hydroxylation is 1. The monoisotopic (exact) mass is 616 g/mol. The number of nitrogen functional groups attached to an aromatic ring is 1. The van der Waals surface area contributed by atoms with Crippen LogP contribution >= 0.6 is 0 Å². The molecule has 4 heterocycles. The molecule has 0 aliphatic carbocycles. The van der Waals surface area contributed by atoms with E-state index in [0.29, 0.717) is 19.6 Å². The van der Waals surface area contributed by atoms with Crippen LogP contribution in [0.15, 0.2) is 42.6 Å². The Morgan fingerprint density at radius 1 is 1.00 bits per heavy atom. The molecule has 12 nitrogen and oxygen atoms in total. The quantitative estimate of drug-likeness (QED) is 0.195. The van der Waals surface area contributed by atoms with E-state index in [1.165, 1.54) is 35.3 Å². The number of carbonyl (C=O) groups is 3. The molecule has 2 aromatic heterocycles. The van der Waals surface area contributed by atoms with Crippen LogP contribution in [-0.2, 0) is 32.2 Å². The van der Waals surface area contributed by atoms with Gasteiger partial charge in [-0.25, -0.2) is 4.98 Å². The molecular weight excluding hydrogens is 572 g/mol. The van der Waals surface area contributed by atoms with Gasteiger partial charge in [0, 0.05) is 64.2 Å². The molecule has 5 rings (SSSR count). The molecule has 1 saturated heterocycles. The van der Waals surface area contributed by atoms with E-state index in [1.807, 2.05) is 17.2 Å². The molecule has 0 spiro atoms. The second-order valence-corrected chi connectivity index (χ2v) is 11.7. The van der Waals surface area contributed by atoms with Crippen LogP contribution in [0.5, 0.6) is 0 Å². The highest BCUT2D eigenvalue weighted by atomic mass is 16.5. The number of rotatable bonds is 15. The smallest absolute Gasteiger partial charge is 0.253 e. The predicted octanol–water partition coefficient (Wildman–Crippen LogP) is 2.95. The van der Waals surface area contributed by atoms with E-state index in [-0.39, 0.29) is 49.8 Å². The van der Waals surface area contributed by atoms with Crippen molar-refractivity contribution in [2.75, 3.05) is 63.5 Å². The molecule has 3 N–H and O–H groups in total. The summed E-state index contributed by atoms with van der Waals surface area (Å²) in [5.74, 6) is 0.476. The lowest BCUT2D eigenvalue weighted by Gasteiger charge is -2.35. The number of nitrogens with one attached hydrogen (secondary N) is 1. The van der Waals surface area contributed by atoms with E-state index in [9.17, 15) is 14.4 Å². The Morgan fingerprint density at radius 2 is 1.78 bits per heavy atom. The maximum Gasteiger partial charge on any atom is 0.253 e. The van der Waals surface area contributed by atoms with Gasteiger partial charge >= 0.3 is 0 Å². The first-order valence-electron chi connectivity index (χ1n) is 15.9. The van der Waals surface area contributed by atoms with Crippen molar-refractivity contribution in [2.45, 2.75) is 52.6 Å². The number of hydrogen-bond acceptors (Lipinski definition) is 9. The van der Waals surface area contributed by atoms with Crippen molar-refractivity contribution < 1.29 is 19.1 Å². The minimum Gasteiger partial charge on any atom is -0.379 e. The number of carbonyl (C=O) groups excluding carboxylic acids is 3. The number of aromatic nitrogens is 3. The van der Waals surface area contributed by atoms with Crippen LogP contribution in [0.3, 0.4) is 0 Å². The van der Waals surface area contributed by atoms with Gasteiger partial charge in [0.15, 0.2) is 5.82 Å². The van der Waals surface area contributed by atoms with Gasteiger partial charge in [-0.15, -0.1) is 0 Å². The maximum absolute atomic E-state index is 12.7. The summed E-state index contributed by atoms with van der Waals surface area (Å²) >= 11 is 0. The van der Waals surface area contributed by atoms with Crippen molar-refractivity contribution in [1.82, 2.24) is 29.2 Å². The maximum atomic E-state index is 12.7. The topological polar surface area (TPSA) is 139 Å². The first kappa shape index (κ1) is 32.1. The van der Waals surface area contributed by atoms with E-state index in [2.05, 4.69) is 56.8 Å². The predicted molar refractivity (Wildman–Crippen MR) is 173 cm³/mol. The lowest BCUT2D eigenvalue weighted by molar-refractivity contribution is -0.139. The van der Waals surface area contributed by atoms with Crippen molar-refractivity contribution in [1.29, 1.82) is 0 Å². The fourth-order valence-electron chi connectivity index (χ4n) is 5.82. The molecule has 12 heteroatoms. The highest BCUT2D eigenvalue weighted by molar-refractivity contribution is 6.12. The third-order valence-corrected chi connectivity index (χ3v) is 8.40. The number of unbranched alkanes of at least 4 members (excludes halogenated alkanes) is 2. The van der Waals surface area contributed by atoms with Crippen molar-refractivity contribution in [2.24, 2.45) is 0 Å². The molecule has 0 atom stereocenters. The van der Waals surface area contributed by atoms with Crippen LogP contribution in [0.25, 0.3) is 11.0 Å². The number of imide groups is 1. The zero-order chi connectivity index (χ0) is 31.8. The van der Waals surface area contributed by atoms with Gasteiger partial charge < -0.3 is 25.3 Å². The average molecular weight is 617 g/mol. The van der Waals surface area contributed by atoms with E-state index in [0.717, 1.165) is 60.8 Å². The zero-order valence-electron chi connectivity index (χ0n) is 26.3. The number of nitrogens with two attached hydrogens (primary N) is 1. The largest absolute Gasteiger partial charge is 0.379 e. The van der Waals surface area contributed by atoms with Gasteiger partial charge in [0.25, 0.3) is 11.8 Å². The van der Waals surface area contributed by atoms with E-state index in [1.54, 1.807) is 0 Å². The van der Waals surface area contributed by atoms with Crippen molar-refractivity contribution in [3.63, 3.8) is 0 Å². The van der Waals surface area contributed by atoms with Crippen LogP contribution in [0, 0.1) is 6.92 Å².